The van der Waals surface area contributed by atoms with E-state index in [0.29, 0.717) is 12.1 Å². The number of nitrogens with one attached hydrogen (secondary N) is 1. The van der Waals surface area contributed by atoms with Crippen LogP contribution in [0.1, 0.15) is 5.82 Å². The quantitative estimate of drug-likeness (QED) is 0.697. The Kier molecular flexibility index (Phi) is 1.88. The highest BCUT2D eigenvalue weighted by Gasteiger charge is 2.03. The summed E-state index contributed by atoms with van der Waals surface area (Å²) < 4.78 is 0. The molecule has 13 heavy (non-hydrogen) atoms. The molecule has 0 aromatic carbocycles. The maximum absolute atomic E-state index is 4.22. The van der Waals surface area contributed by atoms with Crippen molar-refractivity contribution in [2.75, 3.05) is 7.05 Å². The fraction of sp³-hybridized carbons (Fsp3) is 0.250. The number of hydrogen-bond acceptors (Lipinski definition) is 3. The first kappa shape index (κ1) is 7.68. The zero-order chi connectivity index (χ0) is 9.10. The molecule has 0 aliphatic rings. The van der Waals surface area contributed by atoms with Crippen molar-refractivity contribution in [3.63, 3.8) is 0 Å². The van der Waals surface area contributed by atoms with Gasteiger partial charge in [-0.3, -0.25) is 0 Å². The fourth-order valence-corrected chi connectivity index (χ4v) is 1.05. The molecule has 2 aromatic rings. The summed E-state index contributed by atoms with van der Waals surface area (Å²) in [4.78, 5) is 18.9. The van der Waals surface area contributed by atoms with E-state index in [-0.39, 0.29) is 0 Å². The number of rotatable bonds is 1. The van der Waals surface area contributed by atoms with Gasteiger partial charge in [-0.05, 0) is 0 Å². The number of fused-ring (bicyclic) bond motifs is 1. The van der Waals surface area contributed by atoms with Gasteiger partial charge in [0.2, 0.25) is 0 Å². The molecule has 5 nitrogen and oxygen atoms in total. The van der Waals surface area contributed by atoms with Gasteiger partial charge >= 0.3 is 0 Å². The first-order chi connectivity index (χ1) is 6.40. The molecule has 0 radical (unpaired) electrons. The molecule has 0 amide bonds. The highest BCUT2D eigenvalue weighted by atomic mass is 15.0. The van der Waals surface area contributed by atoms with E-state index in [9.17, 15) is 0 Å². The highest BCUT2D eigenvalue weighted by Crippen LogP contribution is 2.05. The van der Waals surface area contributed by atoms with Gasteiger partial charge in [0.25, 0.3) is 13.1 Å². The highest BCUT2D eigenvalue weighted by molar-refractivity contribution is 5.68. The molecule has 64 valence electrons. The van der Waals surface area contributed by atoms with Crippen molar-refractivity contribution in [2.45, 2.75) is 6.42 Å². The third-order valence-electron chi connectivity index (χ3n) is 1.62. The Balaban J connectivity index is 2.42. The van der Waals surface area contributed by atoms with Crippen LogP contribution in [0.25, 0.3) is 16.0 Å². The first-order valence-electron chi connectivity index (χ1n) is 3.86. The van der Waals surface area contributed by atoms with Gasteiger partial charge < -0.3 is 4.98 Å². The van der Waals surface area contributed by atoms with Crippen LogP contribution in [0.15, 0.2) is 12.5 Å². The van der Waals surface area contributed by atoms with Gasteiger partial charge in [0.1, 0.15) is 24.1 Å². The Morgan fingerprint density at radius 3 is 3.31 bits per heavy atom. The van der Waals surface area contributed by atoms with E-state index in [1.807, 2.05) is 0 Å². The number of nitrogens with zero attached hydrogens (tertiary/aromatic N) is 4. The molecule has 0 saturated heterocycles. The van der Waals surface area contributed by atoms with Crippen LogP contribution in [-0.2, 0) is 6.42 Å². The molecule has 5 heteroatoms. The molecule has 0 spiro atoms. The van der Waals surface area contributed by atoms with Gasteiger partial charge in [0.15, 0.2) is 5.65 Å². The summed E-state index contributed by atoms with van der Waals surface area (Å²) in [6.45, 7) is 0. The smallest absolute Gasteiger partial charge is 0.280 e. The fourth-order valence-electron chi connectivity index (χ4n) is 1.05. The van der Waals surface area contributed by atoms with Gasteiger partial charge in [0.05, 0.1) is 6.20 Å². The van der Waals surface area contributed by atoms with E-state index in [1.165, 1.54) is 6.33 Å². The summed E-state index contributed by atoms with van der Waals surface area (Å²) in [5.41, 5.74) is 1.53. The third kappa shape index (κ3) is 1.47. The van der Waals surface area contributed by atoms with E-state index in [1.54, 1.807) is 13.2 Å². The SMILES string of the molecule is C[N+]#CCc1nc2ncncc2[nH]1. The molecule has 2 heterocycles. The van der Waals surface area contributed by atoms with E-state index < -0.39 is 0 Å². The van der Waals surface area contributed by atoms with Crippen molar-refractivity contribution in [1.82, 2.24) is 19.9 Å². The molecule has 0 aliphatic carbocycles. The summed E-state index contributed by atoms with van der Waals surface area (Å²) in [6.07, 6.45) is 3.75. The van der Waals surface area contributed by atoms with Crippen LogP contribution in [0.3, 0.4) is 0 Å². The second-order valence-corrected chi connectivity index (χ2v) is 2.50. The van der Waals surface area contributed by atoms with Crippen LogP contribution < -0.4 is 0 Å². The number of aromatic amines is 1. The lowest BCUT2D eigenvalue weighted by atomic mass is 10.4. The maximum Gasteiger partial charge on any atom is 0.280 e. The molecule has 0 aliphatic heterocycles. The average Bonchev–Trinajstić information content (AvgIpc) is 2.57. The van der Waals surface area contributed by atoms with Crippen LogP contribution >= 0.6 is 0 Å². The average molecular weight is 174 g/mol. The van der Waals surface area contributed by atoms with Crippen molar-refractivity contribution >= 4 is 11.2 Å². The lowest BCUT2D eigenvalue weighted by molar-refractivity contribution is 1.09. The lowest BCUT2D eigenvalue weighted by Crippen LogP contribution is -1.82. The van der Waals surface area contributed by atoms with Crippen molar-refractivity contribution in [2.24, 2.45) is 0 Å². The Labute approximate surface area is 74.7 Å². The van der Waals surface area contributed by atoms with E-state index >= 15 is 0 Å². The molecular weight excluding hydrogens is 166 g/mol. The summed E-state index contributed by atoms with van der Waals surface area (Å²) in [6, 6.07) is 2.81. The van der Waals surface area contributed by atoms with Crippen LogP contribution in [0.2, 0.25) is 0 Å². The van der Waals surface area contributed by atoms with Crippen LogP contribution in [0, 0.1) is 6.07 Å². The molecule has 0 saturated carbocycles. The Morgan fingerprint density at radius 2 is 2.54 bits per heavy atom. The minimum atomic E-state index is 0.576. The molecule has 0 unspecified atom stereocenters. The summed E-state index contributed by atoms with van der Waals surface area (Å²) in [7, 11) is 1.68. The van der Waals surface area contributed by atoms with Gasteiger partial charge in [-0.2, -0.15) is 0 Å². The van der Waals surface area contributed by atoms with Gasteiger partial charge in [-0.15, -0.1) is 0 Å². The Hall–Kier alpha value is -1.96. The number of aromatic nitrogens is 4. The molecule has 0 fully saturated rings. The Morgan fingerprint density at radius 1 is 1.62 bits per heavy atom. The topological polar surface area (TPSA) is 58.8 Å². The number of imidazole rings is 1. The van der Waals surface area contributed by atoms with Crippen LogP contribution in [0.5, 0.6) is 0 Å². The maximum atomic E-state index is 4.22. The van der Waals surface area contributed by atoms with Crippen molar-refractivity contribution in [1.29, 1.82) is 0 Å². The van der Waals surface area contributed by atoms with Crippen LogP contribution in [-0.4, -0.2) is 27.0 Å². The summed E-state index contributed by atoms with van der Waals surface area (Å²) >= 11 is 0. The lowest BCUT2D eigenvalue weighted by Gasteiger charge is -1.80. The first-order valence-corrected chi connectivity index (χ1v) is 3.86. The standard InChI is InChI=1S/C8H8N5/c1-9-3-2-7-12-6-4-10-5-11-8(6)13-7/h4-5H,2H2,1H3,(H,10,11,12,13)/q+1. The third-order valence-corrected chi connectivity index (χ3v) is 1.62. The monoisotopic (exact) mass is 174 g/mol. The Bertz CT molecular complexity index is 443. The van der Waals surface area contributed by atoms with Crippen molar-refractivity contribution < 1.29 is 0 Å². The van der Waals surface area contributed by atoms with Gasteiger partial charge in [0, 0.05) is 0 Å². The molecule has 2 rings (SSSR count). The molecule has 2 aromatic heterocycles. The molecular formula is C8H8N5+. The van der Waals surface area contributed by atoms with Crippen molar-refractivity contribution in [3.05, 3.63) is 23.2 Å². The van der Waals surface area contributed by atoms with Crippen molar-refractivity contribution in [3.8, 4) is 6.07 Å². The minimum absolute atomic E-state index is 0.576. The second kappa shape index (κ2) is 3.19. The van der Waals surface area contributed by atoms with E-state index in [2.05, 4.69) is 30.9 Å². The normalized spacial score (nSPS) is 9.62. The molecule has 0 bridgehead atoms. The second-order valence-electron chi connectivity index (χ2n) is 2.50. The predicted octanol–water partition coefficient (Wildman–Crippen LogP) is 0.858. The van der Waals surface area contributed by atoms with Gasteiger partial charge in [-0.25, -0.2) is 15.0 Å². The van der Waals surface area contributed by atoms with E-state index in [4.69, 9.17) is 0 Å². The number of hydrogen-bond donors (Lipinski definition) is 1. The zero-order valence-corrected chi connectivity index (χ0v) is 7.15. The molecule has 1 N–H and O–H groups in total. The predicted molar refractivity (Wildman–Crippen MR) is 48.6 cm³/mol. The summed E-state index contributed by atoms with van der Waals surface area (Å²) in [5, 5.41) is 0. The zero-order valence-electron chi connectivity index (χ0n) is 7.15. The van der Waals surface area contributed by atoms with E-state index in [0.717, 1.165) is 11.3 Å². The largest absolute Gasteiger partial charge is 0.338 e. The summed E-state index contributed by atoms with van der Waals surface area (Å²) in [5.74, 6) is 0.807. The number of H-pyrrole nitrogens is 1. The molecule has 0 atom stereocenters. The van der Waals surface area contributed by atoms with Gasteiger partial charge in [-0.1, -0.05) is 4.85 Å². The van der Waals surface area contributed by atoms with Crippen LogP contribution in [0.4, 0.5) is 0 Å². The minimum Gasteiger partial charge on any atom is -0.338 e.